The Kier molecular flexibility index (Phi) is 3.80. The SMILES string of the molecule is CC(=O)N(C)c1cccc(NC(=O)c2c[nH]c3ncccc23)c1. The Morgan fingerprint density at radius 3 is 2.83 bits per heavy atom. The minimum Gasteiger partial charge on any atom is -0.345 e. The van der Waals surface area contributed by atoms with Crippen LogP contribution in [0.4, 0.5) is 11.4 Å². The van der Waals surface area contributed by atoms with Gasteiger partial charge in [-0.1, -0.05) is 6.07 Å². The molecule has 0 fully saturated rings. The highest BCUT2D eigenvalue weighted by atomic mass is 16.2. The summed E-state index contributed by atoms with van der Waals surface area (Å²) in [6, 6.07) is 10.8. The normalized spacial score (nSPS) is 10.5. The smallest absolute Gasteiger partial charge is 0.257 e. The van der Waals surface area contributed by atoms with Crippen molar-refractivity contribution in [3.8, 4) is 0 Å². The van der Waals surface area contributed by atoms with E-state index in [0.29, 0.717) is 16.9 Å². The van der Waals surface area contributed by atoms with Gasteiger partial charge in [-0.3, -0.25) is 9.59 Å². The summed E-state index contributed by atoms with van der Waals surface area (Å²) < 4.78 is 0. The number of carbonyl (C=O) groups excluding carboxylic acids is 2. The van der Waals surface area contributed by atoms with Gasteiger partial charge in [0.1, 0.15) is 5.65 Å². The lowest BCUT2D eigenvalue weighted by Gasteiger charge is -2.16. The van der Waals surface area contributed by atoms with Crippen molar-refractivity contribution in [2.24, 2.45) is 0 Å². The number of H-pyrrole nitrogens is 1. The monoisotopic (exact) mass is 308 g/mol. The van der Waals surface area contributed by atoms with E-state index in [0.717, 1.165) is 11.1 Å². The van der Waals surface area contributed by atoms with E-state index < -0.39 is 0 Å². The molecule has 2 aromatic heterocycles. The molecule has 2 heterocycles. The molecule has 3 rings (SSSR count). The molecular formula is C17H16N4O2. The van der Waals surface area contributed by atoms with Gasteiger partial charge in [-0.15, -0.1) is 0 Å². The van der Waals surface area contributed by atoms with Gasteiger partial charge in [-0.05, 0) is 30.3 Å². The van der Waals surface area contributed by atoms with Gasteiger partial charge in [0.05, 0.1) is 5.56 Å². The number of pyridine rings is 1. The number of aromatic amines is 1. The zero-order valence-electron chi connectivity index (χ0n) is 12.8. The van der Waals surface area contributed by atoms with E-state index in [1.807, 2.05) is 12.1 Å². The Morgan fingerprint density at radius 1 is 1.22 bits per heavy atom. The second-order valence-electron chi connectivity index (χ2n) is 5.18. The van der Waals surface area contributed by atoms with Gasteiger partial charge < -0.3 is 15.2 Å². The zero-order chi connectivity index (χ0) is 16.4. The number of amides is 2. The molecule has 3 aromatic rings. The van der Waals surface area contributed by atoms with Crippen molar-refractivity contribution in [1.29, 1.82) is 0 Å². The zero-order valence-corrected chi connectivity index (χ0v) is 12.8. The Labute approximate surface area is 133 Å². The summed E-state index contributed by atoms with van der Waals surface area (Å²) >= 11 is 0. The molecule has 0 bridgehead atoms. The number of benzene rings is 1. The summed E-state index contributed by atoms with van der Waals surface area (Å²) in [6.07, 6.45) is 3.31. The number of aromatic nitrogens is 2. The molecule has 0 aliphatic heterocycles. The van der Waals surface area contributed by atoms with Crippen LogP contribution in [0.1, 0.15) is 17.3 Å². The number of fused-ring (bicyclic) bond motifs is 1. The van der Waals surface area contributed by atoms with Gasteiger partial charge >= 0.3 is 0 Å². The second-order valence-corrected chi connectivity index (χ2v) is 5.18. The fourth-order valence-electron chi connectivity index (χ4n) is 2.32. The minimum atomic E-state index is -0.230. The lowest BCUT2D eigenvalue weighted by atomic mass is 10.2. The molecule has 2 amide bonds. The van der Waals surface area contributed by atoms with Crippen LogP contribution in [0, 0.1) is 0 Å². The fraction of sp³-hybridized carbons (Fsp3) is 0.118. The molecule has 116 valence electrons. The van der Waals surface area contributed by atoms with Gasteiger partial charge in [0.15, 0.2) is 0 Å². The molecule has 1 aromatic carbocycles. The van der Waals surface area contributed by atoms with Crippen LogP contribution >= 0.6 is 0 Å². The predicted octanol–water partition coefficient (Wildman–Crippen LogP) is 2.80. The number of anilines is 2. The van der Waals surface area contributed by atoms with E-state index in [1.54, 1.807) is 43.7 Å². The van der Waals surface area contributed by atoms with Gasteiger partial charge in [-0.25, -0.2) is 4.98 Å². The summed E-state index contributed by atoms with van der Waals surface area (Å²) in [4.78, 5) is 32.6. The van der Waals surface area contributed by atoms with Gasteiger partial charge in [0, 0.05) is 43.1 Å². The molecule has 2 N–H and O–H groups in total. The highest BCUT2D eigenvalue weighted by Gasteiger charge is 2.13. The van der Waals surface area contributed by atoms with Crippen LogP contribution in [0.3, 0.4) is 0 Å². The highest BCUT2D eigenvalue weighted by molar-refractivity contribution is 6.12. The first-order valence-corrected chi connectivity index (χ1v) is 7.14. The quantitative estimate of drug-likeness (QED) is 0.781. The van der Waals surface area contributed by atoms with Crippen molar-refractivity contribution in [2.45, 2.75) is 6.92 Å². The van der Waals surface area contributed by atoms with Crippen molar-refractivity contribution in [3.63, 3.8) is 0 Å². The van der Waals surface area contributed by atoms with Crippen LogP contribution in [0.2, 0.25) is 0 Å². The third-order valence-corrected chi connectivity index (χ3v) is 3.66. The third-order valence-electron chi connectivity index (χ3n) is 3.66. The van der Waals surface area contributed by atoms with Gasteiger partial charge in [0.25, 0.3) is 5.91 Å². The fourth-order valence-corrected chi connectivity index (χ4v) is 2.32. The molecule has 0 aliphatic carbocycles. The topological polar surface area (TPSA) is 78.1 Å². The Hall–Kier alpha value is -3.15. The van der Waals surface area contributed by atoms with E-state index >= 15 is 0 Å². The summed E-state index contributed by atoms with van der Waals surface area (Å²) in [7, 11) is 1.69. The van der Waals surface area contributed by atoms with Crippen LogP contribution in [0.15, 0.2) is 48.8 Å². The van der Waals surface area contributed by atoms with Gasteiger partial charge in [-0.2, -0.15) is 0 Å². The van der Waals surface area contributed by atoms with Crippen LogP contribution in [-0.2, 0) is 4.79 Å². The molecule has 0 unspecified atom stereocenters. The Balaban J connectivity index is 1.86. The van der Waals surface area contributed by atoms with Crippen molar-refractivity contribution in [3.05, 3.63) is 54.4 Å². The molecule has 23 heavy (non-hydrogen) atoms. The first-order valence-electron chi connectivity index (χ1n) is 7.14. The standard InChI is InChI=1S/C17H16N4O2/c1-11(22)21(2)13-6-3-5-12(9-13)20-17(23)15-10-19-16-14(15)7-4-8-18-16/h3-10H,1-2H3,(H,18,19)(H,20,23). The molecule has 0 radical (unpaired) electrons. The number of hydrogen-bond donors (Lipinski definition) is 2. The van der Waals surface area contributed by atoms with E-state index in [-0.39, 0.29) is 11.8 Å². The number of nitrogens with one attached hydrogen (secondary N) is 2. The van der Waals surface area contributed by atoms with E-state index in [1.165, 1.54) is 11.8 Å². The minimum absolute atomic E-state index is 0.0730. The lowest BCUT2D eigenvalue weighted by Crippen LogP contribution is -2.23. The van der Waals surface area contributed by atoms with Crippen LogP contribution < -0.4 is 10.2 Å². The lowest BCUT2D eigenvalue weighted by molar-refractivity contribution is -0.116. The Morgan fingerprint density at radius 2 is 2.04 bits per heavy atom. The average Bonchev–Trinajstić information content (AvgIpc) is 2.98. The summed E-state index contributed by atoms with van der Waals surface area (Å²) in [6.45, 7) is 1.49. The first-order chi connectivity index (χ1) is 11.1. The predicted molar refractivity (Wildman–Crippen MR) is 89.6 cm³/mol. The third kappa shape index (κ3) is 2.91. The van der Waals surface area contributed by atoms with E-state index in [4.69, 9.17) is 0 Å². The number of rotatable bonds is 3. The molecule has 0 saturated carbocycles. The van der Waals surface area contributed by atoms with Crippen molar-refractivity contribution < 1.29 is 9.59 Å². The van der Waals surface area contributed by atoms with Crippen molar-refractivity contribution >= 4 is 34.2 Å². The molecule has 0 atom stereocenters. The molecule has 0 spiro atoms. The van der Waals surface area contributed by atoms with Gasteiger partial charge in [0.2, 0.25) is 5.91 Å². The summed E-state index contributed by atoms with van der Waals surface area (Å²) in [5.41, 5.74) is 2.54. The molecule has 0 aliphatic rings. The van der Waals surface area contributed by atoms with Crippen LogP contribution in [0.5, 0.6) is 0 Å². The maximum Gasteiger partial charge on any atom is 0.257 e. The highest BCUT2D eigenvalue weighted by Crippen LogP contribution is 2.21. The van der Waals surface area contributed by atoms with Crippen LogP contribution in [0.25, 0.3) is 11.0 Å². The number of carbonyl (C=O) groups is 2. The number of hydrogen-bond acceptors (Lipinski definition) is 3. The van der Waals surface area contributed by atoms with Crippen molar-refractivity contribution in [1.82, 2.24) is 9.97 Å². The maximum absolute atomic E-state index is 12.5. The summed E-state index contributed by atoms with van der Waals surface area (Å²) in [5.74, 6) is -0.303. The first kappa shape index (κ1) is 14.8. The Bertz CT molecular complexity index is 885. The number of nitrogens with zero attached hydrogens (tertiary/aromatic N) is 2. The van der Waals surface area contributed by atoms with Crippen LogP contribution in [-0.4, -0.2) is 28.8 Å². The molecule has 6 nitrogen and oxygen atoms in total. The average molecular weight is 308 g/mol. The van der Waals surface area contributed by atoms with E-state index in [2.05, 4.69) is 15.3 Å². The molecular weight excluding hydrogens is 292 g/mol. The van der Waals surface area contributed by atoms with E-state index in [9.17, 15) is 9.59 Å². The molecule has 6 heteroatoms. The maximum atomic E-state index is 12.5. The molecule has 0 saturated heterocycles. The second kappa shape index (κ2) is 5.92. The summed E-state index contributed by atoms with van der Waals surface area (Å²) in [5, 5.41) is 3.61. The largest absolute Gasteiger partial charge is 0.345 e. The van der Waals surface area contributed by atoms with Crippen molar-refractivity contribution in [2.75, 3.05) is 17.3 Å².